The Morgan fingerprint density at radius 1 is 1.09 bits per heavy atom. The van der Waals surface area contributed by atoms with E-state index in [0.29, 0.717) is 25.0 Å². The molecule has 220 valence electrons. The van der Waals surface area contributed by atoms with E-state index in [9.17, 15) is 9.59 Å². The van der Waals surface area contributed by atoms with E-state index in [1.54, 1.807) is 0 Å². The molecule has 0 radical (unpaired) electrons. The van der Waals surface area contributed by atoms with Gasteiger partial charge in [0.25, 0.3) is 0 Å². The zero-order valence-corrected chi connectivity index (χ0v) is 24.9. The van der Waals surface area contributed by atoms with Crippen LogP contribution < -0.4 is 15.5 Å². The van der Waals surface area contributed by atoms with Gasteiger partial charge in [-0.2, -0.15) is 5.10 Å². The summed E-state index contributed by atoms with van der Waals surface area (Å²) in [5, 5.41) is 12.5. The van der Waals surface area contributed by atoms with Crippen molar-refractivity contribution < 1.29 is 14.3 Å². The highest BCUT2D eigenvalue weighted by Crippen LogP contribution is 2.46. The molecule has 11 heteroatoms. The number of carbonyl (C=O) groups excluding carboxylic acids is 2. The Morgan fingerprint density at radius 3 is 2.58 bits per heavy atom. The molecule has 1 saturated carbocycles. The van der Waals surface area contributed by atoms with Crippen LogP contribution in [-0.4, -0.2) is 56.1 Å². The molecule has 5 aromatic rings. The number of rotatable bonds is 5. The van der Waals surface area contributed by atoms with E-state index in [-0.39, 0.29) is 24.2 Å². The number of benzene rings is 1. The first-order valence-corrected chi connectivity index (χ1v) is 14.6. The molecule has 1 aromatic carbocycles. The van der Waals surface area contributed by atoms with Crippen LogP contribution in [0.5, 0.6) is 0 Å². The van der Waals surface area contributed by atoms with Gasteiger partial charge in [-0.05, 0) is 70.4 Å². The van der Waals surface area contributed by atoms with Gasteiger partial charge in [-0.15, -0.1) is 0 Å². The number of ether oxygens (including phenoxy) is 1. The van der Waals surface area contributed by atoms with Gasteiger partial charge in [0.1, 0.15) is 5.65 Å². The highest BCUT2D eigenvalue weighted by Gasteiger charge is 2.41. The zero-order chi connectivity index (χ0) is 30.0. The Morgan fingerprint density at radius 2 is 1.86 bits per heavy atom. The number of pyridine rings is 2. The number of nitrogens with zero attached hydrogens (tertiary/aromatic N) is 5. The lowest BCUT2D eigenvalue weighted by molar-refractivity contribution is 0.156. The molecule has 43 heavy (non-hydrogen) atoms. The summed E-state index contributed by atoms with van der Waals surface area (Å²) in [4.78, 5) is 40.3. The summed E-state index contributed by atoms with van der Waals surface area (Å²) in [5.74, 6) is 0. The number of anilines is 1. The van der Waals surface area contributed by atoms with Crippen LogP contribution in [0.2, 0.25) is 0 Å². The topological polar surface area (TPSA) is 130 Å². The molecule has 11 nitrogen and oxygen atoms in total. The molecule has 0 saturated heterocycles. The summed E-state index contributed by atoms with van der Waals surface area (Å²) in [7, 11) is 1.35. The molecule has 3 amide bonds. The van der Waals surface area contributed by atoms with Gasteiger partial charge in [-0.1, -0.05) is 6.07 Å². The van der Waals surface area contributed by atoms with Crippen LogP contribution in [0.15, 0.2) is 42.7 Å². The standard InChI is InChI=1S/C32H34N8O3/c1-16(2)40-25-7-6-19(10-21(25)15-35-40)26-27-29-22(13-33-30(27)38-28(26)20-8-17(3)36-18(4)9-20)14-34-31(41)39(29)24-11-23(12-24)37-32(42)43-5/h6-10,13,15-16,23-24H,11-12,14H2,1-5H3,(H,33,38)(H,34,41)(H,37,42). The lowest BCUT2D eigenvalue weighted by Gasteiger charge is -2.45. The van der Waals surface area contributed by atoms with Crippen LogP contribution in [0, 0.1) is 13.8 Å². The molecular weight excluding hydrogens is 544 g/mol. The Kier molecular flexibility index (Phi) is 6.33. The maximum atomic E-state index is 13.5. The number of urea groups is 1. The highest BCUT2D eigenvalue weighted by molar-refractivity contribution is 6.14. The fourth-order valence-corrected chi connectivity index (χ4v) is 6.54. The third-order valence-corrected chi connectivity index (χ3v) is 8.49. The van der Waals surface area contributed by atoms with Crippen LogP contribution in [0.4, 0.5) is 15.3 Å². The van der Waals surface area contributed by atoms with E-state index in [0.717, 1.165) is 61.3 Å². The number of alkyl carbamates (subject to hydrolysis) is 1. The Balaban J connectivity index is 1.45. The minimum Gasteiger partial charge on any atom is -0.453 e. The second kappa shape index (κ2) is 10.1. The van der Waals surface area contributed by atoms with Crippen molar-refractivity contribution in [1.82, 2.24) is 35.4 Å². The zero-order valence-electron chi connectivity index (χ0n) is 24.9. The number of hydrogen-bond acceptors (Lipinski definition) is 6. The molecule has 0 unspecified atom stereocenters. The largest absolute Gasteiger partial charge is 0.453 e. The second-order valence-electron chi connectivity index (χ2n) is 11.8. The van der Waals surface area contributed by atoms with Crippen molar-refractivity contribution in [3.05, 3.63) is 59.7 Å². The second-order valence-corrected chi connectivity index (χ2v) is 11.8. The van der Waals surface area contributed by atoms with Crippen molar-refractivity contribution in [3.8, 4) is 22.4 Å². The molecular formula is C32H34N8O3. The van der Waals surface area contributed by atoms with E-state index >= 15 is 0 Å². The quantitative estimate of drug-likeness (QED) is 0.243. The van der Waals surface area contributed by atoms with Gasteiger partial charge >= 0.3 is 12.1 Å². The average molecular weight is 579 g/mol. The van der Waals surface area contributed by atoms with Crippen molar-refractivity contribution >= 4 is 39.7 Å². The molecule has 0 spiro atoms. The predicted octanol–water partition coefficient (Wildman–Crippen LogP) is 5.76. The summed E-state index contributed by atoms with van der Waals surface area (Å²) in [6.45, 7) is 8.61. The van der Waals surface area contributed by atoms with E-state index in [4.69, 9.17) is 9.72 Å². The number of amides is 3. The molecule has 4 aromatic heterocycles. The number of aryl methyl sites for hydroxylation is 2. The molecule has 7 rings (SSSR count). The van der Waals surface area contributed by atoms with Gasteiger partial charge in [0, 0.05) is 64.3 Å². The van der Waals surface area contributed by atoms with Gasteiger partial charge in [0.15, 0.2) is 0 Å². The van der Waals surface area contributed by atoms with Crippen LogP contribution in [0.25, 0.3) is 44.3 Å². The van der Waals surface area contributed by atoms with Crippen molar-refractivity contribution in [3.63, 3.8) is 0 Å². The van der Waals surface area contributed by atoms with Crippen LogP contribution in [0.1, 0.15) is 49.7 Å². The van der Waals surface area contributed by atoms with Gasteiger partial charge in [-0.25, -0.2) is 14.6 Å². The Labute approximate surface area is 248 Å². The van der Waals surface area contributed by atoms with E-state index in [2.05, 4.69) is 69.9 Å². The SMILES string of the molecule is COC(=O)NC1CC(N2C(=O)NCc3cnc4[nH]c(-c5cc(C)nc(C)c5)c(-c5ccc6c(cnn6C(C)C)c5)c4c32)C1. The summed E-state index contributed by atoms with van der Waals surface area (Å²) < 4.78 is 6.80. The number of methoxy groups -OCH3 is 1. The molecule has 3 N–H and O–H groups in total. The van der Waals surface area contributed by atoms with Crippen molar-refractivity contribution in [2.24, 2.45) is 0 Å². The molecule has 1 aliphatic heterocycles. The van der Waals surface area contributed by atoms with Crippen molar-refractivity contribution in [2.75, 3.05) is 12.0 Å². The van der Waals surface area contributed by atoms with E-state index in [1.807, 2.05) is 35.8 Å². The Hall–Kier alpha value is -4.93. The number of carbonyl (C=O) groups is 2. The first-order chi connectivity index (χ1) is 20.7. The van der Waals surface area contributed by atoms with Gasteiger partial charge in [-0.3, -0.25) is 14.6 Å². The summed E-state index contributed by atoms with van der Waals surface area (Å²) in [5.41, 5.74) is 9.31. The van der Waals surface area contributed by atoms with Crippen LogP contribution in [-0.2, 0) is 11.3 Å². The first-order valence-electron chi connectivity index (χ1n) is 14.6. The maximum absolute atomic E-state index is 13.5. The lowest BCUT2D eigenvalue weighted by Crippen LogP contribution is -2.59. The third-order valence-electron chi connectivity index (χ3n) is 8.49. The smallest absolute Gasteiger partial charge is 0.407 e. The lowest BCUT2D eigenvalue weighted by atomic mass is 9.84. The number of H-pyrrole nitrogens is 1. The predicted molar refractivity (Wildman–Crippen MR) is 165 cm³/mol. The molecule has 0 bridgehead atoms. The Bertz CT molecular complexity index is 1900. The summed E-state index contributed by atoms with van der Waals surface area (Å²) in [6, 6.07) is 10.5. The number of hydrogen-bond donors (Lipinski definition) is 3. The maximum Gasteiger partial charge on any atom is 0.407 e. The number of fused-ring (bicyclic) bond motifs is 4. The number of aromatic amines is 1. The molecule has 1 fully saturated rings. The normalized spacial score (nSPS) is 18.1. The monoisotopic (exact) mass is 578 g/mol. The van der Waals surface area contributed by atoms with E-state index in [1.165, 1.54) is 7.11 Å². The van der Waals surface area contributed by atoms with Gasteiger partial charge in [0.2, 0.25) is 0 Å². The molecule has 1 aliphatic carbocycles. The third kappa shape index (κ3) is 4.46. The number of aromatic nitrogens is 5. The molecule has 0 atom stereocenters. The number of nitrogens with one attached hydrogen (secondary N) is 3. The molecule has 5 heterocycles. The van der Waals surface area contributed by atoms with Crippen molar-refractivity contribution in [2.45, 2.75) is 65.2 Å². The van der Waals surface area contributed by atoms with Crippen LogP contribution >= 0.6 is 0 Å². The van der Waals surface area contributed by atoms with Crippen LogP contribution in [0.3, 0.4) is 0 Å². The van der Waals surface area contributed by atoms with Gasteiger partial charge in [0.05, 0.1) is 35.6 Å². The van der Waals surface area contributed by atoms with Crippen molar-refractivity contribution in [1.29, 1.82) is 0 Å². The minimum absolute atomic E-state index is 0.0584. The minimum atomic E-state index is -0.463. The molecule has 2 aliphatic rings. The summed E-state index contributed by atoms with van der Waals surface area (Å²) >= 11 is 0. The highest BCUT2D eigenvalue weighted by atomic mass is 16.5. The van der Waals surface area contributed by atoms with Gasteiger partial charge < -0.3 is 20.4 Å². The fourth-order valence-electron chi connectivity index (χ4n) is 6.54. The fraction of sp³-hybridized carbons (Fsp3) is 0.344. The first kappa shape index (κ1) is 26.9. The summed E-state index contributed by atoms with van der Waals surface area (Å²) in [6.07, 6.45) is 4.54. The van der Waals surface area contributed by atoms with E-state index < -0.39 is 6.09 Å². The average Bonchev–Trinajstić information content (AvgIpc) is 3.56.